The molecule has 200 valence electrons. The van der Waals surface area contributed by atoms with Crippen molar-refractivity contribution in [1.82, 2.24) is 0 Å². The number of halogens is 7. The molecule has 2 rings (SSSR count). The fraction of sp³-hybridized carbons (Fsp3) is 0.222. The molecule has 0 bridgehead atoms. The van der Waals surface area contributed by atoms with Gasteiger partial charge < -0.3 is 15.2 Å². The Labute approximate surface area is 204 Å². The summed E-state index contributed by atoms with van der Waals surface area (Å²) in [5.41, 5.74) is 6.55. The maximum atomic E-state index is 12.3. The van der Waals surface area contributed by atoms with Gasteiger partial charge in [0.25, 0.3) is 0 Å². The van der Waals surface area contributed by atoms with Crippen LogP contribution >= 0.6 is 12.4 Å². The van der Waals surface area contributed by atoms with Crippen LogP contribution in [0.2, 0.25) is 0 Å². The number of methoxy groups -OCH3 is 2. The number of carbonyl (C=O) groups is 2. The first-order chi connectivity index (χ1) is 15.4. The molecule has 0 aromatic heterocycles. The summed E-state index contributed by atoms with van der Waals surface area (Å²) in [6.45, 7) is 0. The summed E-state index contributed by atoms with van der Waals surface area (Å²) in [4.78, 5) is 22.2. The Morgan fingerprint density at radius 3 is 1.51 bits per heavy atom. The van der Waals surface area contributed by atoms with E-state index < -0.39 is 45.1 Å². The highest BCUT2D eigenvalue weighted by Crippen LogP contribution is 2.31. The molecule has 0 aliphatic carbocycles. The molecule has 2 atom stereocenters. The summed E-state index contributed by atoms with van der Waals surface area (Å²) in [6.07, 6.45) is 0. The van der Waals surface area contributed by atoms with Gasteiger partial charge in [-0.2, -0.15) is 12.8 Å². The molecule has 0 radical (unpaired) electrons. The number of rotatable bonds is 5. The van der Waals surface area contributed by atoms with Crippen LogP contribution in [0.15, 0.2) is 65.0 Å². The van der Waals surface area contributed by atoms with Crippen molar-refractivity contribution in [2.75, 3.05) is 14.2 Å². The topological polar surface area (TPSA) is 125 Å². The summed E-state index contributed by atoms with van der Waals surface area (Å²) in [7, 11) is -11.1. The van der Waals surface area contributed by atoms with Gasteiger partial charge in [-0.25, -0.2) is 4.79 Å². The molecular weight excluding hydrogens is 554 g/mol. The van der Waals surface area contributed by atoms with Gasteiger partial charge in [0, 0.05) is 0 Å². The van der Waals surface area contributed by atoms with Gasteiger partial charge >= 0.3 is 33.0 Å². The predicted molar refractivity (Wildman–Crippen MR) is 119 cm³/mol. The van der Waals surface area contributed by atoms with Gasteiger partial charge in [-0.15, -0.1) is 12.4 Å². The van der Waals surface area contributed by atoms with Gasteiger partial charge in [0.2, 0.25) is 0 Å². The van der Waals surface area contributed by atoms with Crippen LogP contribution in [0.25, 0.3) is 0 Å². The van der Waals surface area contributed by atoms with Crippen LogP contribution in [0, 0.1) is 0 Å². The van der Waals surface area contributed by atoms with E-state index in [1.165, 1.54) is 19.2 Å². The summed E-state index contributed by atoms with van der Waals surface area (Å²) >= 11 is 0. The molecule has 0 aliphatic rings. The molecule has 1 unspecified atom stereocenters. The molecular formula is C18H21ClF6N2O6S2. The maximum absolute atomic E-state index is 12.3. The third-order valence-corrected chi connectivity index (χ3v) is 3.84. The molecule has 0 amide bonds. The number of nitrogens with two attached hydrogens (primary N) is 1. The lowest BCUT2D eigenvalue weighted by Gasteiger charge is -2.08. The van der Waals surface area contributed by atoms with Crippen LogP contribution in [0.1, 0.15) is 23.2 Å². The van der Waals surface area contributed by atoms with Crippen molar-refractivity contribution in [3.8, 4) is 0 Å². The normalized spacial score (nSPS) is 13.3. The average molecular weight is 575 g/mol. The molecule has 0 aliphatic heterocycles. The monoisotopic (exact) mass is 574 g/mol. The molecule has 2 aromatic rings. The van der Waals surface area contributed by atoms with Gasteiger partial charge in [-0.1, -0.05) is 84.0 Å². The van der Waals surface area contributed by atoms with Gasteiger partial charge in [-0.05, 0) is 11.1 Å². The zero-order valence-corrected chi connectivity index (χ0v) is 20.3. The standard InChI is InChI=1S/C9H9F2NO3S.C9H11NO2.ClH.F4OS/c1-15-9(13)8(12-16(10,11)14)7-5-3-2-4-6-7;1-12-9(11)8(10)7-5-3-2-4-6-7;;1-6(2,3,4)5/h2-6,8H,1H3;2-6,8H,10H2,1H3;1H;/t8-;;;/m1.../s1. The van der Waals surface area contributed by atoms with E-state index in [-0.39, 0.29) is 18.0 Å². The van der Waals surface area contributed by atoms with Gasteiger partial charge in [0.1, 0.15) is 6.04 Å². The van der Waals surface area contributed by atoms with Crippen LogP contribution in [-0.2, 0) is 40.2 Å². The first-order valence-electron chi connectivity index (χ1n) is 8.64. The Kier molecular flexibility index (Phi) is 14.4. The molecule has 0 spiro atoms. The first kappa shape index (κ1) is 34.5. The van der Waals surface area contributed by atoms with Crippen molar-refractivity contribution in [2.45, 2.75) is 12.1 Å². The van der Waals surface area contributed by atoms with Crippen molar-refractivity contribution >= 4 is 45.5 Å². The van der Waals surface area contributed by atoms with Crippen LogP contribution in [-0.4, -0.2) is 34.6 Å². The molecule has 0 heterocycles. The second-order valence-electron chi connectivity index (χ2n) is 5.85. The first-order valence-corrected chi connectivity index (χ1v) is 11.5. The van der Waals surface area contributed by atoms with E-state index >= 15 is 0 Å². The van der Waals surface area contributed by atoms with Crippen molar-refractivity contribution in [2.24, 2.45) is 10.1 Å². The zero-order chi connectivity index (χ0) is 26.6. The van der Waals surface area contributed by atoms with Crippen LogP contribution in [0.5, 0.6) is 0 Å². The van der Waals surface area contributed by atoms with Crippen LogP contribution < -0.4 is 5.73 Å². The summed E-state index contributed by atoms with van der Waals surface area (Å²) in [5, 5.41) is 0. The summed E-state index contributed by atoms with van der Waals surface area (Å²) in [6, 6.07) is 14.5. The second-order valence-corrected chi connectivity index (χ2v) is 8.06. The number of benzene rings is 2. The van der Waals surface area contributed by atoms with E-state index in [9.17, 15) is 37.1 Å². The molecule has 8 nitrogen and oxygen atoms in total. The molecule has 2 aromatic carbocycles. The zero-order valence-electron chi connectivity index (χ0n) is 17.9. The Morgan fingerprint density at radius 2 is 1.20 bits per heavy atom. The van der Waals surface area contributed by atoms with Crippen molar-refractivity contribution in [3.63, 3.8) is 0 Å². The van der Waals surface area contributed by atoms with Gasteiger partial charge in [0.05, 0.1) is 14.2 Å². The van der Waals surface area contributed by atoms with Crippen LogP contribution in [0.3, 0.4) is 0 Å². The molecule has 0 saturated heterocycles. The number of nitrogens with zero attached hydrogens (tertiary/aromatic N) is 1. The fourth-order valence-electron chi connectivity index (χ4n) is 2.03. The lowest BCUT2D eigenvalue weighted by molar-refractivity contribution is -0.143. The largest absolute Gasteiger partial charge is 0.468 e. The Balaban J connectivity index is 0. The fourth-order valence-corrected chi connectivity index (χ4v) is 2.49. The Morgan fingerprint density at radius 1 is 0.857 bits per heavy atom. The lowest BCUT2D eigenvalue weighted by Crippen LogP contribution is -2.22. The molecule has 2 N–H and O–H groups in total. The van der Waals surface area contributed by atoms with E-state index in [1.807, 2.05) is 18.2 Å². The number of hydrogen-bond donors (Lipinski definition) is 1. The van der Waals surface area contributed by atoms with Crippen LogP contribution in [0.4, 0.5) is 23.3 Å². The van der Waals surface area contributed by atoms with Crippen molar-refractivity contribution in [3.05, 3.63) is 71.8 Å². The molecule has 17 heteroatoms. The van der Waals surface area contributed by atoms with E-state index in [0.717, 1.165) is 12.7 Å². The average Bonchev–Trinajstić information content (AvgIpc) is 2.75. The minimum atomic E-state index is -8.10. The highest BCUT2D eigenvalue weighted by Gasteiger charge is 2.33. The Bertz CT molecular complexity index is 1100. The minimum Gasteiger partial charge on any atom is -0.468 e. The van der Waals surface area contributed by atoms with Crippen molar-refractivity contribution < 1.29 is 50.8 Å². The van der Waals surface area contributed by atoms with Crippen molar-refractivity contribution in [1.29, 1.82) is 0 Å². The maximum Gasteiger partial charge on any atom is 0.456 e. The number of esters is 2. The summed E-state index contributed by atoms with van der Waals surface area (Å²) < 4.78 is 94.2. The minimum absolute atomic E-state index is 0. The highest BCUT2D eigenvalue weighted by atomic mass is 35.5. The second kappa shape index (κ2) is 14.7. The van der Waals surface area contributed by atoms with Gasteiger partial charge in [-0.3, -0.25) is 4.79 Å². The SMILES string of the molecule is COC(=O)C(N)c1ccccc1.COC(=O)[C@H](N=S(=O)(F)F)c1ccccc1.Cl.O=S(F)(F)(F)F. The van der Waals surface area contributed by atoms with E-state index in [1.54, 1.807) is 30.3 Å². The quantitative estimate of drug-likeness (QED) is 0.310. The summed E-state index contributed by atoms with van der Waals surface area (Å²) in [5.74, 6) is -1.39. The van der Waals surface area contributed by atoms with Gasteiger partial charge in [0.15, 0.2) is 6.04 Å². The molecule has 35 heavy (non-hydrogen) atoms. The third kappa shape index (κ3) is 18.3. The molecule has 0 saturated carbocycles. The smallest absolute Gasteiger partial charge is 0.456 e. The Hall–Kier alpha value is -2.69. The number of ether oxygens (including phenoxy) is 2. The third-order valence-electron chi connectivity index (χ3n) is 3.38. The predicted octanol–water partition coefficient (Wildman–Crippen LogP) is 4.76. The number of carbonyl (C=O) groups excluding carboxylic acids is 2. The van der Waals surface area contributed by atoms with E-state index in [4.69, 9.17) is 9.94 Å². The van der Waals surface area contributed by atoms with E-state index in [0.29, 0.717) is 0 Å². The molecule has 0 fully saturated rings. The lowest BCUT2D eigenvalue weighted by atomic mass is 10.1. The number of hydrogen-bond acceptors (Lipinski definition) is 8. The highest BCUT2D eigenvalue weighted by molar-refractivity contribution is 8.01. The van der Waals surface area contributed by atoms with E-state index in [2.05, 4.69) is 13.8 Å².